The van der Waals surface area contributed by atoms with E-state index < -0.39 is 12.0 Å². The number of benzene rings is 1. The van der Waals surface area contributed by atoms with Crippen molar-refractivity contribution in [1.82, 2.24) is 9.88 Å². The molecule has 1 fully saturated rings. The molecule has 0 aliphatic carbocycles. The van der Waals surface area contributed by atoms with Gasteiger partial charge in [0.15, 0.2) is 0 Å². The molecule has 134 valence electrons. The zero-order chi connectivity index (χ0) is 18.0. The van der Waals surface area contributed by atoms with Gasteiger partial charge < -0.3 is 20.1 Å². The molecule has 1 atom stereocenters. The number of morpholine rings is 1. The Morgan fingerprint density at radius 1 is 1.28 bits per heavy atom. The number of anilines is 1. The number of ether oxygens (including phenoxy) is 1. The summed E-state index contributed by atoms with van der Waals surface area (Å²) >= 11 is 0. The highest BCUT2D eigenvalue weighted by Crippen LogP contribution is 2.31. The van der Waals surface area contributed by atoms with Crippen molar-refractivity contribution < 1.29 is 19.4 Å². The van der Waals surface area contributed by atoms with Crippen molar-refractivity contribution >= 4 is 28.5 Å². The summed E-state index contributed by atoms with van der Waals surface area (Å²) in [5.74, 6) is -1.08. The Morgan fingerprint density at radius 2 is 2.00 bits per heavy atom. The van der Waals surface area contributed by atoms with Gasteiger partial charge >= 0.3 is 5.97 Å². The van der Waals surface area contributed by atoms with Crippen molar-refractivity contribution in [2.75, 3.05) is 31.6 Å². The minimum absolute atomic E-state index is 0.0700. The van der Waals surface area contributed by atoms with Gasteiger partial charge in [0.1, 0.15) is 6.04 Å². The van der Waals surface area contributed by atoms with Gasteiger partial charge in [-0.05, 0) is 18.2 Å². The molecule has 0 radical (unpaired) electrons. The van der Waals surface area contributed by atoms with Crippen molar-refractivity contribution in [2.45, 2.75) is 19.9 Å². The molecule has 2 aromatic rings. The number of aliphatic carboxylic acids is 1. The molecule has 1 aliphatic heterocycles. The van der Waals surface area contributed by atoms with Crippen molar-refractivity contribution in [1.29, 1.82) is 0 Å². The molecule has 0 bridgehead atoms. The van der Waals surface area contributed by atoms with Crippen LogP contribution in [0.15, 0.2) is 24.4 Å². The fourth-order valence-corrected chi connectivity index (χ4v) is 3.05. The van der Waals surface area contributed by atoms with Crippen LogP contribution in [0.25, 0.3) is 10.9 Å². The van der Waals surface area contributed by atoms with Crippen molar-refractivity contribution in [3.8, 4) is 0 Å². The quantitative estimate of drug-likeness (QED) is 0.772. The molecule has 25 heavy (non-hydrogen) atoms. The van der Waals surface area contributed by atoms with E-state index in [1.54, 1.807) is 6.20 Å². The second-order valence-corrected chi connectivity index (χ2v) is 6.54. The normalized spacial score (nSPS) is 16.9. The first kappa shape index (κ1) is 17.4. The van der Waals surface area contributed by atoms with E-state index in [0.29, 0.717) is 37.6 Å². The second kappa shape index (κ2) is 7.25. The third-order valence-electron chi connectivity index (χ3n) is 4.44. The van der Waals surface area contributed by atoms with E-state index in [1.165, 1.54) is 0 Å². The number of H-pyrrole nitrogens is 1. The molecule has 0 saturated carbocycles. The van der Waals surface area contributed by atoms with Crippen LogP contribution in [-0.4, -0.2) is 53.2 Å². The molecule has 1 amide bonds. The fourth-order valence-electron chi connectivity index (χ4n) is 3.05. The van der Waals surface area contributed by atoms with Gasteiger partial charge in [-0.15, -0.1) is 0 Å². The van der Waals surface area contributed by atoms with Crippen LogP contribution in [-0.2, 0) is 14.3 Å². The molecule has 3 N–H and O–H groups in total. The van der Waals surface area contributed by atoms with Crippen LogP contribution in [0.3, 0.4) is 0 Å². The lowest BCUT2D eigenvalue weighted by atomic mass is 10.0. The summed E-state index contributed by atoms with van der Waals surface area (Å²) in [6.07, 6.45) is 1.74. The molecule has 1 saturated heterocycles. The number of fused-ring (bicyclic) bond motifs is 1. The SMILES string of the molecule is CC(C)C(=O)Nc1ccc2[nH]cc([C@@H](C(=O)O)N3CCOCC3)c2c1. The number of nitrogens with zero attached hydrogens (tertiary/aromatic N) is 1. The zero-order valence-electron chi connectivity index (χ0n) is 14.4. The van der Waals surface area contributed by atoms with Crippen LogP contribution in [0.2, 0.25) is 0 Å². The van der Waals surface area contributed by atoms with Crippen LogP contribution in [0, 0.1) is 5.92 Å². The highest BCUT2D eigenvalue weighted by atomic mass is 16.5. The number of hydrogen-bond acceptors (Lipinski definition) is 4. The van der Waals surface area contributed by atoms with Gasteiger partial charge in [-0.3, -0.25) is 14.5 Å². The molecular weight excluding hydrogens is 322 g/mol. The maximum atomic E-state index is 11.9. The van der Waals surface area contributed by atoms with Gasteiger partial charge in [-0.2, -0.15) is 0 Å². The summed E-state index contributed by atoms with van der Waals surface area (Å²) < 4.78 is 5.33. The lowest BCUT2D eigenvalue weighted by molar-refractivity contribution is -0.145. The minimum Gasteiger partial charge on any atom is -0.480 e. The predicted molar refractivity (Wildman–Crippen MR) is 94.5 cm³/mol. The molecule has 1 aromatic heterocycles. The van der Waals surface area contributed by atoms with Crippen LogP contribution < -0.4 is 5.32 Å². The highest BCUT2D eigenvalue weighted by molar-refractivity contribution is 5.96. The lowest BCUT2D eigenvalue weighted by Gasteiger charge is -2.31. The van der Waals surface area contributed by atoms with E-state index in [2.05, 4.69) is 10.3 Å². The predicted octanol–water partition coefficient (Wildman–Crippen LogP) is 2.22. The zero-order valence-corrected chi connectivity index (χ0v) is 14.4. The van der Waals surface area contributed by atoms with Crippen LogP contribution in [0.5, 0.6) is 0 Å². The molecule has 7 heteroatoms. The topological polar surface area (TPSA) is 94.7 Å². The van der Waals surface area contributed by atoms with Gasteiger partial charge in [0.25, 0.3) is 0 Å². The summed E-state index contributed by atoms with van der Waals surface area (Å²) in [7, 11) is 0. The summed E-state index contributed by atoms with van der Waals surface area (Å²) in [6, 6.07) is 4.76. The molecule has 2 heterocycles. The number of rotatable bonds is 5. The third-order valence-corrected chi connectivity index (χ3v) is 4.44. The number of aromatic nitrogens is 1. The fraction of sp³-hybridized carbons (Fsp3) is 0.444. The Labute approximate surface area is 146 Å². The van der Waals surface area contributed by atoms with Crippen molar-refractivity contribution in [3.05, 3.63) is 30.0 Å². The number of carboxylic acids is 1. The number of carboxylic acid groups (broad SMARTS) is 1. The third kappa shape index (κ3) is 3.67. The lowest BCUT2D eigenvalue weighted by Crippen LogP contribution is -2.42. The van der Waals surface area contributed by atoms with Crippen molar-refractivity contribution in [3.63, 3.8) is 0 Å². The molecule has 0 unspecified atom stereocenters. The van der Waals surface area contributed by atoms with E-state index >= 15 is 0 Å². The monoisotopic (exact) mass is 345 g/mol. The highest BCUT2D eigenvalue weighted by Gasteiger charge is 2.30. The molecule has 3 rings (SSSR count). The first-order chi connectivity index (χ1) is 12.0. The van der Waals surface area contributed by atoms with E-state index in [1.807, 2.05) is 36.9 Å². The van der Waals surface area contributed by atoms with Crippen LogP contribution in [0.1, 0.15) is 25.5 Å². The van der Waals surface area contributed by atoms with Crippen LogP contribution in [0.4, 0.5) is 5.69 Å². The number of amides is 1. The number of aromatic amines is 1. The van der Waals surface area contributed by atoms with E-state index in [0.717, 1.165) is 10.9 Å². The molecule has 1 aromatic carbocycles. The summed E-state index contributed by atoms with van der Waals surface area (Å²) in [4.78, 5) is 28.9. The Hall–Kier alpha value is -2.38. The Kier molecular flexibility index (Phi) is 5.06. The largest absolute Gasteiger partial charge is 0.480 e. The van der Waals surface area contributed by atoms with Gasteiger partial charge in [-0.25, -0.2) is 0 Å². The molecule has 0 spiro atoms. The Balaban J connectivity index is 1.96. The second-order valence-electron chi connectivity index (χ2n) is 6.54. The van der Waals surface area contributed by atoms with E-state index in [-0.39, 0.29) is 11.8 Å². The summed E-state index contributed by atoms with van der Waals surface area (Å²) in [6.45, 7) is 5.87. The molecule has 1 aliphatic rings. The summed E-state index contributed by atoms with van der Waals surface area (Å²) in [5, 5.41) is 13.4. The number of hydrogen-bond donors (Lipinski definition) is 3. The Morgan fingerprint density at radius 3 is 2.64 bits per heavy atom. The number of carbonyl (C=O) groups excluding carboxylic acids is 1. The van der Waals surface area contributed by atoms with E-state index in [4.69, 9.17) is 4.74 Å². The summed E-state index contributed by atoms with van der Waals surface area (Å²) in [5.41, 5.74) is 2.21. The maximum absolute atomic E-state index is 11.9. The molecular formula is C18H23N3O4. The first-order valence-electron chi connectivity index (χ1n) is 8.44. The van der Waals surface area contributed by atoms with Gasteiger partial charge in [0, 0.05) is 47.4 Å². The maximum Gasteiger partial charge on any atom is 0.325 e. The standard InChI is InChI=1S/C18H23N3O4/c1-11(2)17(22)20-12-3-4-15-13(9-12)14(10-19-15)16(18(23)24)21-5-7-25-8-6-21/h3-4,9-11,16,19H,5-8H2,1-2H3,(H,20,22)(H,23,24)/t16-/m0/s1. The van der Waals surface area contributed by atoms with E-state index in [9.17, 15) is 14.7 Å². The minimum atomic E-state index is -0.889. The Bertz CT molecular complexity index is 778. The molecule has 7 nitrogen and oxygen atoms in total. The van der Waals surface area contributed by atoms with Crippen molar-refractivity contribution in [2.24, 2.45) is 5.92 Å². The average Bonchev–Trinajstić information content (AvgIpc) is 2.99. The van der Waals surface area contributed by atoms with Gasteiger partial charge in [0.05, 0.1) is 13.2 Å². The average molecular weight is 345 g/mol. The number of carbonyl (C=O) groups is 2. The van der Waals surface area contributed by atoms with Gasteiger partial charge in [0.2, 0.25) is 5.91 Å². The van der Waals surface area contributed by atoms with Crippen LogP contribution >= 0.6 is 0 Å². The van der Waals surface area contributed by atoms with Gasteiger partial charge in [-0.1, -0.05) is 13.8 Å². The first-order valence-corrected chi connectivity index (χ1v) is 8.44. The smallest absolute Gasteiger partial charge is 0.325 e. The number of nitrogens with one attached hydrogen (secondary N) is 2.